The second-order valence-corrected chi connectivity index (χ2v) is 5.81. The van der Waals surface area contributed by atoms with E-state index in [1.54, 1.807) is 12.1 Å². The molecule has 1 heterocycles. The first-order valence-electron chi connectivity index (χ1n) is 7.32. The largest absolute Gasteiger partial charge is 0.311 e. The quantitative estimate of drug-likeness (QED) is 0.899. The fourth-order valence-electron chi connectivity index (χ4n) is 2.66. The van der Waals surface area contributed by atoms with E-state index >= 15 is 0 Å². The first kappa shape index (κ1) is 14.5. The van der Waals surface area contributed by atoms with Crippen LogP contribution in [0.1, 0.15) is 32.8 Å². The molecule has 1 saturated heterocycles. The van der Waals surface area contributed by atoms with Gasteiger partial charge in [-0.1, -0.05) is 32.4 Å². The summed E-state index contributed by atoms with van der Waals surface area (Å²) in [5, 5.41) is 3.64. The van der Waals surface area contributed by atoms with E-state index in [1.165, 1.54) is 12.0 Å². The Labute approximate surface area is 116 Å². The van der Waals surface area contributed by atoms with Crippen LogP contribution < -0.4 is 5.32 Å². The van der Waals surface area contributed by atoms with Crippen LogP contribution in [0.2, 0.25) is 0 Å². The average molecular weight is 264 g/mol. The van der Waals surface area contributed by atoms with Crippen molar-refractivity contribution in [3.63, 3.8) is 0 Å². The van der Waals surface area contributed by atoms with E-state index < -0.39 is 0 Å². The number of nitrogens with zero attached hydrogens (tertiary/aromatic N) is 1. The first-order valence-corrected chi connectivity index (χ1v) is 7.32. The molecule has 0 aromatic heterocycles. The first-order chi connectivity index (χ1) is 9.10. The number of nitrogens with one attached hydrogen (secondary N) is 1. The van der Waals surface area contributed by atoms with Gasteiger partial charge in [-0.25, -0.2) is 4.39 Å². The third-order valence-electron chi connectivity index (χ3n) is 4.36. The molecular formula is C16H25FN2. The Morgan fingerprint density at radius 1 is 1.37 bits per heavy atom. The lowest BCUT2D eigenvalue weighted by molar-refractivity contribution is 0.112. The molecule has 1 aromatic carbocycles. The highest BCUT2D eigenvalue weighted by molar-refractivity contribution is 5.16. The molecule has 1 aliphatic rings. The van der Waals surface area contributed by atoms with E-state index in [1.807, 2.05) is 12.1 Å². The highest BCUT2D eigenvalue weighted by atomic mass is 19.1. The highest BCUT2D eigenvalue weighted by Gasteiger charge is 2.27. The Hall–Kier alpha value is -0.930. The maximum Gasteiger partial charge on any atom is 0.123 e. The van der Waals surface area contributed by atoms with Crippen LogP contribution in [0.3, 0.4) is 0 Å². The second kappa shape index (κ2) is 6.49. The van der Waals surface area contributed by atoms with E-state index in [9.17, 15) is 4.39 Å². The molecule has 0 saturated carbocycles. The van der Waals surface area contributed by atoms with Crippen molar-refractivity contribution in [3.05, 3.63) is 35.6 Å². The lowest BCUT2D eigenvalue weighted by Gasteiger charge is -2.41. The Balaban J connectivity index is 1.99. The maximum absolute atomic E-state index is 12.9. The van der Waals surface area contributed by atoms with Crippen LogP contribution in [-0.4, -0.2) is 30.1 Å². The van der Waals surface area contributed by atoms with Crippen LogP contribution >= 0.6 is 0 Å². The van der Waals surface area contributed by atoms with E-state index in [-0.39, 0.29) is 5.82 Å². The Morgan fingerprint density at radius 3 is 2.68 bits per heavy atom. The van der Waals surface area contributed by atoms with Crippen molar-refractivity contribution < 1.29 is 4.39 Å². The van der Waals surface area contributed by atoms with Crippen LogP contribution in [0.4, 0.5) is 4.39 Å². The summed E-state index contributed by atoms with van der Waals surface area (Å²) < 4.78 is 12.9. The Kier molecular flexibility index (Phi) is 4.94. The van der Waals surface area contributed by atoms with Gasteiger partial charge in [0.05, 0.1) is 0 Å². The molecule has 3 heteroatoms. The van der Waals surface area contributed by atoms with Crippen LogP contribution in [0.5, 0.6) is 0 Å². The summed E-state index contributed by atoms with van der Waals surface area (Å²) in [4.78, 5) is 2.50. The predicted octanol–water partition coefficient (Wildman–Crippen LogP) is 3.03. The SMILES string of the molecule is CCC(C)C1CN(Cc2ccc(F)cc2)C(C)CN1. The molecule has 1 aliphatic heterocycles. The third-order valence-corrected chi connectivity index (χ3v) is 4.36. The van der Waals surface area contributed by atoms with E-state index in [0.29, 0.717) is 18.0 Å². The van der Waals surface area contributed by atoms with Crippen molar-refractivity contribution in [3.8, 4) is 0 Å². The van der Waals surface area contributed by atoms with Crippen molar-refractivity contribution in [2.45, 2.75) is 45.8 Å². The number of halogens is 1. The molecule has 3 unspecified atom stereocenters. The molecule has 3 atom stereocenters. The summed E-state index contributed by atoms with van der Waals surface area (Å²) >= 11 is 0. The van der Waals surface area contributed by atoms with Gasteiger partial charge in [-0.05, 0) is 30.5 Å². The molecule has 0 amide bonds. The Bertz CT molecular complexity index is 390. The van der Waals surface area contributed by atoms with Crippen molar-refractivity contribution in [2.24, 2.45) is 5.92 Å². The summed E-state index contributed by atoms with van der Waals surface area (Å²) in [7, 11) is 0. The minimum atomic E-state index is -0.158. The molecule has 0 radical (unpaired) electrons. The van der Waals surface area contributed by atoms with Crippen molar-refractivity contribution in [1.82, 2.24) is 10.2 Å². The molecule has 19 heavy (non-hydrogen) atoms. The molecule has 1 fully saturated rings. The molecular weight excluding hydrogens is 239 g/mol. The molecule has 2 nitrogen and oxygen atoms in total. The van der Waals surface area contributed by atoms with Gasteiger partial charge in [-0.2, -0.15) is 0 Å². The molecule has 0 spiro atoms. The standard InChI is InChI=1S/C16H25FN2/c1-4-12(2)16-11-19(13(3)9-18-16)10-14-5-7-15(17)8-6-14/h5-8,12-13,16,18H,4,9-11H2,1-3H3. The molecule has 0 aliphatic carbocycles. The topological polar surface area (TPSA) is 15.3 Å². The summed E-state index contributed by atoms with van der Waals surface area (Å²) in [6.45, 7) is 9.83. The molecule has 0 bridgehead atoms. The zero-order valence-corrected chi connectivity index (χ0v) is 12.2. The minimum absolute atomic E-state index is 0.158. The fraction of sp³-hybridized carbons (Fsp3) is 0.625. The Morgan fingerprint density at radius 2 is 2.05 bits per heavy atom. The molecule has 1 N–H and O–H groups in total. The smallest absolute Gasteiger partial charge is 0.123 e. The zero-order chi connectivity index (χ0) is 13.8. The lowest BCUT2D eigenvalue weighted by atomic mass is 9.95. The van der Waals surface area contributed by atoms with Crippen LogP contribution in [0.25, 0.3) is 0 Å². The fourth-order valence-corrected chi connectivity index (χ4v) is 2.66. The summed E-state index contributed by atoms with van der Waals surface area (Å²) in [6, 6.07) is 7.99. The van der Waals surface area contributed by atoms with E-state index in [2.05, 4.69) is 31.0 Å². The summed E-state index contributed by atoms with van der Waals surface area (Å²) in [5.41, 5.74) is 1.19. The molecule has 106 valence electrons. The van der Waals surface area contributed by atoms with Gasteiger partial charge in [0, 0.05) is 31.7 Å². The van der Waals surface area contributed by atoms with Gasteiger partial charge in [0.2, 0.25) is 0 Å². The zero-order valence-electron chi connectivity index (χ0n) is 12.2. The monoisotopic (exact) mass is 264 g/mol. The number of benzene rings is 1. The molecule has 2 rings (SSSR count). The van der Waals surface area contributed by atoms with Gasteiger partial charge < -0.3 is 5.32 Å². The van der Waals surface area contributed by atoms with E-state index in [0.717, 1.165) is 19.6 Å². The van der Waals surface area contributed by atoms with Crippen molar-refractivity contribution in [1.29, 1.82) is 0 Å². The second-order valence-electron chi connectivity index (χ2n) is 5.81. The molecule has 1 aromatic rings. The van der Waals surface area contributed by atoms with Gasteiger partial charge in [-0.3, -0.25) is 4.90 Å². The predicted molar refractivity (Wildman–Crippen MR) is 77.5 cm³/mol. The van der Waals surface area contributed by atoms with Crippen LogP contribution in [0.15, 0.2) is 24.3 Å². The number of rotatable bonds is 4. The van der Waals surface area contributed by atoms with Crippen molar-refractivity contribution >= 4 is 0 Å². The maximum atomic E-state index is 12.9. The van der Waals surface area contributed by atoms with E-state index in [4.69, 9.17) is 0 Å². The van der Waals surface area contributed by atoms with Gasteiger partial charge in [0.1, 0.15) is 5.82 Å². The normalized spacial score (nSPS) is 26.3. The number of hydrogen-bond donors (Lipinski definition) is 1. The van der Waals surface area contributed by atoms with Gasteiger partial charge in [0.15, 0.2) is 0 Å². The number of piperazine rings is 1. The van der Waals surface area contributed by atoms with Crippen LogP contribution in [-0.2, 0) is 6.54 Å². The number of hydrogen-bond acceptors (Lipinski definition) is 2. The third kappa shape index (κ3) is 3.77. The summed E-state index contributed by atoms with van der Waals surface area (Å²) in [6.07, 6.45) is 1.20. The van der Waals surface area contributed by atoms with Crippen LogP contribution in [0, 0.1) is 11.7 Å². The highest BCUT2D eigenvalue weighted by Crippen LogP contribution is 2.18. The van der Waals surface area contributed by atoms with Crippen molar-refractivity contribution in [2.75, 3.05) is 13.1 Å². The van der Waals surface area contributed by atoms with Gasteiger partial charge in [0.25, 0.3) is 0 Å². The van der Waals surface area contributed by atoms with Gasteiger partial charge in [-0.15, -0.1) is 0 Å². The summed E-state index contributed by atoms with van der Waals surface area (Å²) in [5.74, 6) is 0.540. The van der Waals surface area contributed by atoms with Gasteiger partial charge >= 0.3 is 0 Å². The average Bonchev–Trinajstić information content (AvgIpc) is 2.43. The minimum Gasteiger partial charge on any atom is -0.311 e. The lowest BCUT2D eigenvalue weighted by Crippen LogP contribution is -2.56.